The molecule has 0 spiro atoms. The summed E-state index contributed by atoms with van der Waals surface area (Å²) in [4.78, 5) is 9.74. The lowest BCUT2D eigenvalue weighted by atomic mass is 10.1. The van der Waals surface area contributed by atoms with E-state index < -0.39 is 28.4 Å². The van der Waals surface area contributed by atoms with Crippen molar-refractivity contribution in [2.45, 2.75) is 19.1 Å². The van der Waals surface area contributed by atoms with Crippen molar-refractivity contribution in [3.05, 3.63) is 51.8 Å². The summed E-state index contributed by atoms with van der Waals surface area (Å²) in [6.45, 7) is 1.66. The summed E-state index contributed by atoms with van der Waals surface area (Å²) >= 11 is 0. The molecule has 6 nitrogen and oxygen atoms in total. The minimum absolute atomic E-state index is 0.221. The number of rotatable bonds is 4. The van der Waals surface area contributed by atoms with E-state index in [-0.39, 0.29) is 5.69 Å². The van der Waals surface area contributed by atoms with Crippen molar-refractivity contribution in [2.24, 2.45) is 0 Å². The van der Waals surface area contributed by atoms with E-state index in [1.807, 2.05) is 0 Å². The molecule has 1 heterocycles. The van der Waals surface area contributed by atoms with Crippen molar-refractivity contribution < 1.29 is 18.1 Å². The highest BCUT2D eigenvalue weighted by Crippen LogP contribution is 2.38. The first-order chi connectivity index (χ1) is 9.79. The van der Waals surface area contributed by atoms with Crippen LogP contribution in [-0.4, -0.2) is 15.1 Å². The molecule has 1 aromatic heterocycles. The van der Waals surface area contributed by atoms with Crippen LogP contribution in [0.15, 0.2) is 30.6 Å². The van der Waals surface area contributed by atoms with Crippen LogP contribution < -0.4 is 5.32 Å². The zero-order valence-corrected chi connectivity index (χ0v) is 10.8. The number of nitrogens with one attached hydrogen (secondary N) is 2. The number of benzene rings is 1. The molecule has 2 rings (SSSR count). The minimum Gasteiger partial charge on any atom is -0.378 e. The lowest BCUT2D eigenvalue weighted by Crippen LogP contribution is -2.13. The van der Waals surface area contributed by atoms with Gasteiger partial charge in [-0.15, -0.1) is 0 Å². The SMILES string of the molecule is CC(Nc1ccc([N+](=O)[O-])cc1C(F)(F)F)c1cn[nH]c1. The highest BCUT2D eigenvalue weighted by molar-refractivity contribution is 5.58. The maximum Gasteiger partial charge on any atom is 0.418 e. The van der Waals surface area contributed by atoms with Gasteiger partial charge in [-0.2, -0.15) is 18.3 Å². The number of aromatic nitrogens is 2. The summed E-state index contributed by atoms with van der Waals surface area (Å²) in [6.07, 6.45) is -1.66. The molecule has 0 amide bonds. The van der Waals surface area contributed by atoms with Crippen LogP contribution in [0.5, 0.6) is 0 Å². The normalized spacial score (nSPS) is 13.0. The van der Waals surface area contributed by atoms with Crippen LogP contribution in [0.1, 0.15) is 24.1 Å². The molecule has 0 aliphatic heterocycles. The second kappa shape index (κ2) is 5.43. The van der Waals surface area contributed by atoms with Gasteiger partial charge in [0.05, 0.1) is 22.7 Å². The quantitative estimate of drug-likeness (QED) is 0.668. The number of nitro groups is 1. The van der Waals surface area contributed by atoms with Gasteiger partial charge in [0.1, 0.15) is 0 Å². The fourth-order valence-electron chi connectivity index (χ4n) is 1.82. The summed E-state index contributed by atoms with van der Waals surface area (Å²) in [5.41, 5.74) is -1.24. The molecule has 0 radical (unpaired) electrons. The molecule has 2 aromatic rings. The van der Waals surface area contributed by atoms with E-state index in [1.165, 1.54) is 6.20 Å². The van der Waals surface area contributed by atoms with E-state index in [1.54, 1.807) is 13.1 Å². The Morgan fingerprint density at radius 2 is 2.14 bits per heavy atom. The van der Waals surface area contributed by atoms with E-state index >= 15 is 0 Å². The molecule has 0 fully saturated rings. The van der Waals surface area contributed by atoms with Crippen LogP contribution >= 0.6 is 0 Å². The van der Waals surface area contributed by atoms with Gasteiger partial charge >= 0.3 is 6.18 Å². The molecule has 0 aliphatic carbocycles. The van der Waals surface area contributed by atoms with Crippen molar-refractivity contribution >= 4 is 11.4 Å². The summed E-state index contributed by atoms with van der Waals surface area (Å²) in [7, 11) is 0. The topological polar surface area (TPSA) is 83.8 Å². The summed E-state index contributed by atoms with van der Waals surface area (Å²) in [6, 6.07) is 2.16. The van der Waals surface area contributed by atoms with Crippen molar-refractivity contribution in [1.82, 2.24) is 10.2 Å². The first-order valence-corrected chi connectivity index (χ1v) is 5.90. The Bertz CT molecular complexity index is 640. The molecule has 2 N–H and O–H groups in total. The largest absolute Gasteiger partial charge is 0.418 e. The number of aromatic amines is 1. The number of hydrogen-bond donors (Lipinski definition) is 2. The van der Waals surface area contributed by atoms with Crippen molar-refractivity contribution in [3.63, 3.8) is 0 Å². The van der Waals surface area contributed by atoms with E-state index in [9.17, 15) is 23.3 Å². The zero-order valence-electron chi connectivity index (χ0n) is 10.8. The molecular weight excluding hydrogens is 289 g/mol. The number of nitro benzene ring substituents is 1. The molecule has 1 aromatic carbocycles. The molecule has 1 atom stereocenters. The summed E-state index contributed by atoms with van der Waals surface area (Å²) in [5.74, 6) is 0. The van der Waals surface area contributed by atoms with E-state index in [0.717, 1.165) is 12.1 Å². The van der Waals surface area contributed by atoms with E-state index in [2.05, 4.69) is 15.5 Å². The molecule has 0 aliphatic rings. The third kappa shape index (κ3) is 3.30. The Balaban J connectivity index is 2.36. The van der Waals surface area contributed by atoms with Gasteiger partial charge in [0.2, 0.25) is 0 Å². The van der Waals surface area contributed by atoms with Crippen molar-refractivity contribution in [3.8, 4) is 0 Å². The monoisotopic (exact) mass is 300 g/mol. The molecule has 21 heavy (non-hydrogen) atoms. The second-order valence-corrected chi connectivity index (χ2v) is 4.38. The average Bonchev–Trinajstić information content (AvgIpc) is 2.91. The Morgan fingerprint density at radius 1 is 1.43 bits per heavy atom. The highest BCUT2D eigenvalue weighted by Gasteiger charge is 2.35. The summed E-state index contributed by atoms with van der Waals surface area (Å²) in [5, 5.41) is 19.6. The number of non-ortho nitro benzene ring substituents is 1. The molecule has 0 saturated heterocycles. The number of H-pyrrole nitrogens is 1. The maximum absolute atomic E-state index is 13.0. The fourth-order valence-corrected chi connectivity index (χ4v) is 1.82. The molecule has 9 heteroatoms. The lowest BCUT2D eigenvalue weighted by Gasteiger charge is -2.18. The Hall–Kier alpha value is -2.58. The average molecular weight is 300 g/mol. The minimum atomic E-state index is -4.69. The first-order valence-electron chi connectivity index (χ1n) is 5.90. The van der Waals surface area contributed by atoms with E-state index in [0.29, 0.717) is 11.6 Å². The summed E-state index contributed by atoms with van der Waals surface area (Å²) < 4.78 is 39.0. The molecule has 112 valence electrons. The van der Waals surface area contributed by atoms with Crippen molar-refractivity contribution in [2.75, 3.05) is 5.32 Å². The number of anilines is 1. The van der Waals surface area contributed by atoms with Gasteiger partial charge < -0.3 is 5.32 Å². The molecular formula is C12H11F3N4O2. The fraction of sp³-hybridized carbons (Fsp3) is 0.250. The van der Waals surface area contributed by atoms with Gasteiger partial charge in [0.15, 0.2) is 0 Å². The van der Waals surface area contributed by atoms with Gasteiger partial charge in [-0.05, 0) is 13.0 Å². The van der Waals surface area contributed by atoms with Gasteiger partial charge in [0, 0.05) is 29.6 Å². The van der Waals surface area contributed by atoms with Gasteiger partial charge in [-0.25, -0.2) is 0 Å². The van der Waals surface area contributed by atoms with Gasteiger partial charge in [0.25, 0.3) is 5.69 Å². The Labute approximate surface area is 117 Å². The second-order valence-electron chi connectivity index (χ2n) is 4.38. The van der Waals surface area contributed by atoms with Crippen LogP contribution in [0.4, 0.5) is 24.5 Å². The maximum atomic E-state index is 13.0. The van der Waals surface area contributed by atoms with Crippen LogP contribution in [0.25, 0.3) is 0 Å². The molecule has 1 unspecified atom stereocenters. The predicted octanol–water partition coefficient (Wildman–Crippen LogP) is 3.51. The zero-order chi connectivity index (χ0) is 15.6. The number of alkyl halides is 3. The van der Waals surface area contributed by atoms with Crippen molar-refractivity contribution in [1.29, 1.82) is 0 Å². The Kier molecular flexibility index (Phi) is 3.83. The van der Waals surface area contributed by atoms with Gasteiger partial charge in [-0.1, -0.05) is 0 Å². The number of hydrogen-bond acceptors (Lipinski definition) is 4. The standard InChI is InChI=1S/C12H11F3N4O2/c1-7(8-5-16-17-6-8)18-11-3-2-9(19(20)21)4-10(11)12(13,14)15/h2-7,18H,1H3,(H,16,17). The number of nitrogens with zero attached hydrogens (tertiary/aromatic N) is 2. The third-order valence-electron chi connectivity index (χ3n) is 2.91. The van der Waals surface area contributed by atoms with E-state index in [4.69, 9.17) is 0 Å². The predicted molar refractivity (Wildman–Crippen MR) is 68.7 cm³/mol. The molecule has 0 saturated carbocycles. The van der Waals surface area contributed by atoms with Crippen LogP contribution in [0.3, 0.4) is 0 Å². The molecule has 0 bridgehead atoms. The Morgan fingerprint density at radius 3 is 2.67 bits per heavy atom. The van der Waals surface area contributed by atoms with Crippen LogP contribution in [-0.2, 0) is 6.18 Å². The lowest BCUT2D eigenvalue weighted by molar-refractivity contribution is -0.385. The highest BCUT2D eigenvalue weighted by atomic mass is 19.4. The van der Waals surface area contributed by atoms with Gasteiger partial charge in [-0.3, -0.25) is 15.2 Å². The third-order valence-corrected chi connectivity index (χ3v) is 2.91. The van der Waals surface area contributed by atoms with Crippen LogP contribution in [0.2, 0.25) is 0 Å². The number of halogens is 3. The van der Waals surface area contributed by atoms with Crippen LogP contribution in [0, 0.1) is 10.1 Å². The smallest absolute Gasteiger partial charge is 0.378 e. The first kappa shape index (κ1) is 14.8.